The third-order valence-corrected chi connectivity index (χ3v) is 17.0. The Balaban J connectivity index is 0.000000171. The molecule has 2 aromatic heterocycles. The number of halogens is 3. The van der Waals surface area contributed by atoms with Gasteiger partial charge in [0.2, 0.25) is 0 Å². The normalized spacial score (nSPS) is 11.7. The maximum absolute atomic E-state index is 9.36. The number of benzene rings is 10. The van der Waals surface area contributed by atoms with Gasteiger partial charge in [-0.15, -0.1) is 0 Å². The van der Waals surface area contributed by atoms with Crippen LogP contribution in [0.25, 0.3) is 102 Å². The predicted molar refractivity (Wildman–Crippen MR) is 397 cm³/mol. The molecular weight excluding hydrogens is 1260 g/mol. The van der Waals surface area contributed by atoms with Gasteiger partial charge >= 0.3 is 7.12 Å². The lowest BCUT2D eigenvalue weighted by atomic mass is 9.72. The summed E-state index contributed by atoms with van der Waals surface area (Å²) in [7, 11) is -1.40. The van der Waals surface area contributed by atoms with Gasteiger partial charge in [0.05, 0.1) is 0 Å². The van der Waals surface area contributed by atoms with Crippen molar-refractivity contribution in [1.82, 2.24) is 29.9 Å². The molecule has 12 aromatic rings. The van der Waals surface area contributed by atoms with Gasteiger partial charge in [0, 0.05) is 47.9 Å². The highest BCUT2D eigenvalue weighted by molar-refractivity contribution is 9.10. The van der Waals surface area contributed by atoms with Crippen LogP contribution in [0.3, 0.4) is 0 Å². The van der Waals surface area contributed by atoms with Gasteiger partial charge in [-0.25, -0.2) is 29.9 Å². The predicted octanol–water partition coefficient (Wildman–Crippen LogP) is 21.4. The van der Waals surface area contributed by atoms with Crippen LogP contribution in [0.4, 0.5) is 0 Å². The molecule has 8 nitrogen and oxygen atoms in total. The van der Waals surface area contributed by atoms with Crippen LogP contribution in [0.5, 0.6) is 0 Å². The molecule has 0 atom stereocenters. The minimum atomic E-state index is -1.40. The average molecular weight is 1340 g/mol. The van der Waals surface area contributed by atoms with E-state index in [2.05, 4.69) is 172 Å². The highest BCUT2D eigenvalue weighted by Gasteiger charge is 2.26. The lowest BCUT2D eigenvalue weighted by Crippen LogP contribution is -2.33. The molecule has 0 amide bonds. The summed E-state index contributed by atoms with van der Waals surface area (Å²) in [4.78, 5) is 29.6. The van der Waals surface area contributed by atoms with Gasteiger partial charge in [0.1, 0.15) is 0 Å². The average Bonchev–Trinajstić information content (AvgIpc) is 0.801. The van der Waals surface area contributed by atoms with Crippen LogP contribution in [0.15, 0.2) is 247 Å². The van der Waals surface area contributed by atoms with Gasteiger partial charge < -0.3 is 10.0 Å². The fourth-order valence-corrected chi connectivity index (χ4v) is 11.8. The maximum Gasteiger partial charge on any atom is 0.488 e. The third-order valence-electron chi connectivity index (χ3n) is 16.1. The lowest BCUT2D eigenvalue weighted by molar-refractivity contribution is 0.425. The summed E-state index contributed by atoms with van der Waals surface area (Å²) in [5.74, 6) is 3.61. The van der Waals surface area contributed by atoms with Crippen LogP contribution < -0.4 is 5.46 Å². The fourth-order valence-electron chi connectivity index (χ4n) is 10.7. The zero-order valence-electron chi connectivity index (χ0n) is 55.4. The summed E-state index contributed by atoms with van der Waals surface area (Å²) < 4.78 is 0.868. The van der Waals surface area contributed by atoms with Crippen LogP contribution in [0.2, 0.25) is 10.0 Å². The second kappa shape index (κ2) is 28.9. The van der Waals surface area contributed by atoms with Crippen LogP contribution >= 0.6 is 39.1 Å². The molecule has 0 spiro atoms. The lowest BCUT2D eigenvalue weighted by Gasteiger charge is -2.26. The molecule has 2 N–H and O–H groups in total. The van der Waals surface area contributed by atoms with Crippen molar-refractivity contribution in [2.24, 2.45) is 0 Å². The van der Waals surface area contributed by atoms with Gasteiger partial charge in [-0.1, -0.05) is 328 Å². The van der Waals surface area contributed by atoms with E-state index in [4.69, 9.17) is 53.1 Å². The van der Waals surface area contributed by atoms with Gasteiger partial charge in [0.15, 0.2) is 34.9 Å². The highest BCUT2D eigenvalue weighted by atomic mass is 79.9. The van der Waals surface area contributed by atoms with Crippen molar-refractivity contribution in [3.05, 3.63) is 279 Å². The maximum atomic E-state index is 9.36. The van der Waals surface area contributed by atoms with E-state index in [1.807, 2.05) is 170 Å². The number of hydrogen-bond acceptors (Lipinski definition) is 8. The SMILES string of the molecule is CC(C)(C)c1cc(-c2cc(Cl)cc(-c3nc(-c4ccccc4)nc(-c4ccccc4-c4ccccc4)n3)c2)cc(C(C)(C)C)c1.CC(C)(C)c1cc(B(O)O)cc(C(C)(C)C)c1.Clc1cc(Br)cc(-c2nc(-c3ccccc3)nc(-c3ccccc3-c3ccccc3)n2)c1. The van der Waals surface area contributed by atoms with Crippen LogP contribution in [-0.2, 0) is 21.7 Å². The molecular formula is C82H78BBrCl2N6O2. The number of rotatable bonds is 10. The Morgan fingerprint density at radius 2 is 0.553 bits per heavy atom. The van der Waals surface area contributed by atoms with Gasteiger partial charge in [-0.05, 0) is 119 Å². The van der Waals surface area contributed by atoms with Crippen molar-refractivity contribution in [3.8, 4) is 102 Å². The Labute approximate surface area is 573 Å². The summed E-state index contributed by atoms with van der Waals surface area (Å²) in [5, 5.41) is 20.0. The van der Waals surface area contributed by atoms with Crippen molar-refractivity contribution >= 4 is 51.7 Å². The molecule has 0 aliphatic rings. The van der Waals surface area contributed by atoms with Crippen molar-refractivity contribution in [2.75, 3.05) is 0 Å². The van der Waals surface area contributed by atoms with Crippen LogP contribution in [-0.4, -0.2) is 47.1 Å². The van der Waals surface area contributed by atoms with E-state index in [1.165, 1.54) is 11.1 Å². The van der Waals surface area contributed by atoms with E-state index >= 15 is 0 Å². The molecule has 0 fully saturated rings. The zero-order valence-corrected chi connectivity index (χ0v) is 58.5. The zero-order chi connectivity index (χ0) is 67.1. The van der Waals surface area contributed by atoms with Crippen molar-refractivity contribution in [3.63, 3.8) is 0 Å². The molecule has 10 aromatic carbocycles. The molecule has 0 unspecified atom stereocenters. The Bertz CT molecular complexity index is 4520. The number of hydrogen-bond donors (Lipinski definition) is 2. The van der Waals surface area contributed by atoms with Gasteiger partial charge in [-0.2, -0.15) is 0 Å². The first-order valence-corrected chi connectivity index (χ1v) is 33.1. The Morgan fingerprint density at radius 3 is 0.904 bits per heavy atom. The molecule has 12 rings (SSSR count). The molecule has 12 heteroatoms. The van der Waals surface area contributed by atoms with Crippen molar-refractivity contribution < 1.29 is 10.0 Å². The molecule has 0 radical (unpaired) electrons. The summed E-state index contributed by atoms with van der Waals surface area (Å²) in [6, 6.07) is 81.6. The summed E-state index contributed by atoms with van der Waals surface area (Å²) >= 11 is 16.7. The van der Waals surface area contributed by atoms with Crippen molar-refractivity contribution in [1.29, 1.82) is 0 Å². The van der Waals surface area contributed by atoms with E-state index in [-0.39, 0.29) is 21.7 Å². The largest absolute Gasteiger partial charge is 0.488 e. The second-order valence-corrected chi connectivity index (χ2v) is 29.4. The van der Waals surface area contributed by atoms with E-state index < -0.39 is 7.12 Å². The highest BCUT2D eigenvalue weighted by Crippen LogP contribution is 2.39. The molecule has 0 bridgehead atoms. The Morgan fingerprint density at radius 1 is 0.277 bits per heavy atom. The Hall–Kier alpha value is -8.74. The molecule has 94 heavy (non-hydrogen) atoms. The fraction of sp³-hybridized carbons (Fsp3) is 0.195. The summed E-state index contributed by atoms with van der Waals surface area (Å²) in [6.45, 7) is 26.3. The van der Waals surface area contributed by atoms with Crippen molar-refractivity contribution in [2.45, 2.75) is 105 Å². The molecule has 0 saturated carbocycles. The van der Waals surface area contributed by atoms with Gasteiger partial charge in [-0.3, -0.25) is 0 Å². The minimum absolute atomic E-state index is 0.00272. The molecule has 0 aliphatic carbocycles. The molecule has 472 valence electrons. The molecule has 0 saturated heterocycles. The summed E-state index contributed by atoms with van der Waals surface area (Å²) in [5.41, 5.74) is 17.3. The van der Waals surface area contributed by atoms with E-state index in [9.17, 15) is 10.0 Å². The number of aromatic nitrogens is 6. The van der Waals surface area contributed by atoms with E-state index in [0.717, 1.165) is 82.4 Å². The first-order valence-electron chi connectivity index (χ1n) is 31.5. The minimum Gasteiger partial charge on any atom is -0.423 e. The summed E-state index contributed by atoms with van der Waals surface area (Å²) in [6.07, 6.45) is 0. The first kappa shape index (κ1) is 68.1. The van der Waals surface area contributed by atoms with Crippen LogP contribution in [0, 0.1) is 0 Å². The smallest absolute Gasteiger partial charge is 0.423 e. The monoisotopic (exact) mass is 1340 g/mol. The Kier molecular flexibility index (Phi) is 20.9. The number of nitrogens with zero attached hydrogens (tertiary/aromatic N) is 6. The first-order chi connectivity index (χ1) is 44.6. The quantitative estimate of drug-likeness (QED) is 0.130. The topological polar surface area (TPSA) is 118 Å². The standard InChI is InChI=1S/C41H38ClN3.C27H17BrClN3.C14H23BO2/c1-40(2,3)32-22-30(23-33(26-32)41(4,5)6)29-21-31(25-34(42)24-29)38-43-37(28-17-11-8-12-18-28)44-39(45-38)36-20-14-13-19-35(36)27-15-9-7-10-16-27;28-21-15-20(16-22(29)17-21)26-30-25(19-11-5-2-6-12-19)31-27(32-26)24-14-8-7-13-23(24)18-9-3-1-4-10-18;1-13(2,3)10-7-11(14(4,5)6)9-12(8-10)15(16)17/h7-26H,1-6H3;1-17H;7-9,16-17H,1-6H3. The van der Waals surface area contributed by atoms with Gasteiger partial charge in [0.25, 0.3) is 0 Å². The van der Waals surface area contributed by atoms with E-state index in [1.54, 1.807) is 0 Å². The van der Waals surface area contributed by atoms with E-state index in [0.29, 0.717) is 50.5 Å². The molecule has 2 heterocycles. The third kappa shape index (κ3) is 17.1. The molecule has 0 aliphatic heterocycles. The van der Waals surface area contributed by atoms with Crippen LogP contribution in [0.1, 0.15) is 105 Å². The second-order valence-electron chi connectivity index (χ2n) is 27.6.